The fraction of sp³-hybridized carbons (Fsp3) is 0.0588. The van der Waals surface area contributed by atoms with E-state index in [2.05, 4.69) is 15.4 Å². The fourth-order valence-corrected chi connectivity index (χ4v) is 2.11. The number of aliphatic imine (C=N–C) groups is 1. The molecular weight excluding hydrogens is 260 g/mol. The first-order chi connectivity index (χ1) is 10.3. The summed E-state index contributed by atoms with van der Waals surface area (Å²) >= 11 is 0. The third kappa shape index (κ3) is 2.90. The van der Waals surface area contributed by atoms with Gasteiger partial charge >= 0.3 is 0 Å². The van der Waals surface area contributed by atoms with Crippen molar-refractivity contribution in [1.29, 1.82) is 0 Å². The highest BCUT2D eigenvalue weighted by atomic mass is 15.3. The maximum absolute atomic E-state index is 5.61. The molecular formula is C17H16N4. The second kappa shape index (κ2) is 5.73. The first kappa shape index (κ1) is 13.3. The van der Waals surface area contributed by atoms with Gasteiger partial charge in [-0.2, -0.15) is 0 Å². The number of hydrogen-bond donors (Lipinski definition) is 2. The number of hydrazine groups is 1. The predicted molar refractivity (Wildman–Crippen MR) is 86.4 cm³/mol. The summed E-state index contributed by atoms with van der Waals surface area (Å²) in [7, 11) is 0. The Morgan fingerprint density at radius 2 is 1.76 bits per heavy atom. The lowest BCUT2D eigenvalue weighted by Crippen LogP contribution is -2.31. The molecule has 0 amide bonds. The maximum atomic E-state index is 5.61. The van der Waals surface area contributed by atoms with Crippen LogP contribution in [-0.2, 0) is 0 Å². The summed E-state index contributed by atoms with van der Waals surface area (Å²) in [6, 6.07) is 19.8. The minimum atomic E-state index is 0.546. The number of amidine groups is 1. The molecule has 0 aliphatic rings. The summed E-state index contributed by atoms with van der Waals surface area (Å²) in [5.41, 5.74) is 6.30. The number of fused-ring (bicyclic) bond motifs is 1. The molecule has 0 aliphatic carbocycles. The second-order valence-corrected chi connectivity index (χ2v) is 4.83. The number of benzene rings is 2. The van der Waals surface area contributed by atoms with E-state index in [0.29, 0.717) is 5.84 Å². The highest BCUT2D eigenvalue weighted by Gasteiger charge is 2.05. The van der Waals surface area contributed by atoms with Crippen LogP contribution in [0.25, 0.3) is 10.9 Å². The van der Waals surface area contributed by atoms with Crippen LogP contribution in [-0.4, -0.2) is 10.8 Å². The molecule has 0 radical (unpaired) electrons. The van der Waals surface area contributed by atoms with Crippen LogP contribution in [0.5, 0.6) is 0 Å². The lowest BCUT2D eigenvalue weighted by atomic mass is 10.2. The number of nitrogens with one attached hydrogen (secondary N) is 1. The molecule has 1 heterocycles. The van der Waals surface area contributed by atoms with Gasteiger partial charge in [-0.15, -0.1) is 0 Å². The van der Waals surface area contributed by atoms with Crippen molar-refractivity contribution in [1.82, 2.24) is 10.4 Å². The van der Waals surface area contributed by atoms with Crippen LogP contribution in [0, 0.1) is 6.92 Å². The largest absolute Gasteiger partial charge is 0.307 e. The molecule has 2 aromatic carbocycles. The van der Waals surface area contributed by atoms with Gasteiger partial charge in [0.25, 0.3) is 0 Å². The van der Waals surface area contributed by atoms with E-state index in [9.17, 15) is 0 Å². The number of aromatic nitrogens is 1. The van der Waals surface area contributed by atoms with Gasteiger partial charge in [0.2, 0.25) is 0 Å². The molecule has 3 aromatic rings. The Morgan fingerprint density at radius 3 is 2.52 bits per heavy atom. The first-order valence-corrected chi connectivity index (χ1v) is 6.74. The number of pyridine rings is 1. The Bertz CT molecular complexity index is 791. The van der Waals surface area contributed by atoms with Crippen molar-refractivity contribution in [3.63, 3.8) is 0 Å². The van der Waals surface area contributed by atoms with Crippen LogP contribution >= 0.6 is 0 Å². The molecule has 3 N–H and O–H groups in total. The summed E-state index contributed by atoms with van der Waals surface area (Å²) in [6.45, 7) is 2.04. The van der Waals surface area contributed by atoms with Crippen molar-refractivity contribution >= 4 is 22.4 Å². The molecule has 0 saturated carbocycles. The number of nitrogens with two attached hydrogens (primary N) is 1. The Hall–Kier alpha value is -2.72. The zero-order chi connectivity index (χ0) is 14.7. The summed E-state index contributed by atoms with van der Waals surface area (Å²) < 4.78 is 0. The Morgan fingerprint density at radius 1 is 1.00 bits per heavy atom. The molecule has 0 atom stereocenters. The Labute approximate surface area is 123 Å². The summed E-state index contributed by atoms with van der Waals surface area (Å²) in [4.78, 5) is 9.10. The zero-order valence-electron chi connectivity index (χ0n) is 11.7. The van der Waals surface area contributed by atoms with Gasteiger partial charge in [-0.25, -0.2) is 15.8 Å². The van der Waals surface area contributed by atoms with Crippen LogP contribution in [0.15, 0.2) is 65.7 Å². The van der Waals surface area contributed by atoms with Crippen molar-refractivity contribution in [2.45, 2.75) is 6.92 Å². The highest BCUT2D eigenvalue weighted by Crippen LogP contribution is 2.16. The number of aryl methyl sites for hydroxylation is 1. The van der Waals surface area contributed by atoms with E-state index < -0.39 is 0 Å². The van der Waals surface area contributed by atoms with E-state index in [-0.39, 0.29) is 0 Å². The van der Waals surface area contributed by atoms with Crippen LogP contribution < -0.4 is 11.3 Å². The summed E-state index contributed by atoms with van der Waals surface area (Å²) in [5.74, 6) is 6.15. The quantitative estimate of drug-likeness (QED) is 0.327. The molecule has 0 aliphatic heterocycles. The van der Waals surface area contributed by atoms with Gasteiger partial charge in [-0.3, -0.25) is 0 Å². The van der Waals surface area contributed by atoms with E-state index in [1.807, 2.05) is 67.6 Å². The van der Waals surface area contributed by atoms with Gasteiger partial charge in [-0.1, -0.05) is 42.0 Å². The zero-order valence-corrected chi connectivity index (χ0v) is 11.7. The monoisotopic (exact) mass is 276 g/mol. The molecule has 0 bridgehead atoms. The normalized spacial score (nSPS) is 11.6. The predicted octanol–water partition coefficient (Wildman–Crippen LogP) is 3.08. The number of nitrogens with zero attached hydrogens (tertiary/aromatic N) is 2. The van der Waals surface area contributed by atoms with E-state index >= 15 is 0 Å². The average Bonchev–Trinajstić information content (AvgIpc) is 2.54. The highest BCUT2D eigenvalue weighted by molar-refractivity contribution is 5.99. The molecule has 4 heteroatoms. The number of rotatable bonds is 2. The molecule has 3 rings (SSSR count). The van der Waals surface area contributed by atoms with E-state index in [0.717, 1.165) is 22.3 Å². The number of hydrogen-bond acceptors (Lipinski definition) is 3. The summed E-state index contributed by atoms with van der Waals surface area (Å²) in [5, 5.41) is 1.09. The lowest BCUT2D eigenvalue weighted by molar-refractivity contribution is 1.01. The van der Waals surface area contributed by atoms with E-state index in [1.54, 1.807) is 0 Å². The average molecular weight is 276 g/mol. The van der Waals surface area contributed by atoms with Gasteiger partial charge in [0, 0.05) is 5.39 Å². The van der Waals surface area contributed by atoms with E-state index in [4.69, 9.17) is 5.84 Å². The fourth-order valence-electron chi connectivity index (χ4n) is 2.11. The molecule has 1 aromatic heterocycles. The van der Waals surface area contributed by atoms with Crippen LogP contribution in [0.2, 0.25) is 0 Å². The van der Waals surface area contributed by atoms with Gasteiger partial charge < -0.3 is 5.43 Å². The molecule has 0 fully saturated rings. The third-order valence-electron chi connectivity index (χ3n) is 3.25. The molecule has 0 saturated heterocycles. The van der Waals surface area contributed by atoms with Crippen molar-refractivity contribution in [3.05, 3.63) is 71.9 Å². The van der Waals surface area contributed by atoms with Gasteiger partial charge in [0.15, 0.2) is 5.84 Å². The molecule has 0 spiro atoms. The minimum absolute atomic E-state index is 0.546. The van der Waals surface area contributed by atoms with Crippen molar-refractivity contribution in [2.75, 3.05) is 0 Å². The third-order valence-corrected chi connectivity index (χ3v) is 3.25. The maximum Gasteiger partial charge on any atom is 0.166 e. The minimum Gasteiger partial charge on any atom is -0.307 e. The standard InChI is InChI=1S/C17H16N4/c1-12-6-9-14(10-7-12)19-17(21-18)16-11-8-13-4-2-3-5-15(13)20-16/h2-11H,18H2,1H3,(H,19,21). The van der Waals surface area contributed by atoms with Crippen LogP contribution in [0.1, 0.15) is 11.3 Å². The SMILES string of the molecule is Cc1ccc(N=C(NN)c2ccc3ccccc3n2)cc1. The molecule has 104 valence electrons. The van der Waals surface area contributed by atoms with Gasteiger partial charge in [0.05, 0.1) is 11.2 Å². The van der Waals surface area contributed by atoms with Crippen molar-refractivity contribution in [3.8, 4) is 0 Å². The number of para-hydroxylation sites is 1. The molecule has 0 unspecified atom stereocenters. The van der Waals surface area contributed by atoms with Crippen LogP contribution in [0.3, 0.4) is 0 Å². The first-order valence-electron chi connectivity index (χ1n) is 6.74. The topological polar surface area (TPSA) is 63.3 Å². The summed E-state index contributed by atoms with van der Waals surface area (Å²) in [6.07, 6.45) is 0. The van der Waals surface area contributed by atoms with Crippen molar-refractivity contribution in [2.24, 2.45) is 10.8 Å². The second-order valence-electron chi connectivity index (χ2n) is 4.83. The van der Waals surface area contributed by atoms with Crippen LogP contribution in [0.4, 0.5) is 5.69 Å². The Kier molecular flexibility index (Phi) is 3.62. The molecule has 21 heavy (non-hydrogen) atoms. The van der Waals surface area contributed by atoms with E-state index in [1.165, 1.54) is 5.56 Å². The lowest BCUT2D eigenvalue weighted by Gasteiger charge is -2.06. The Balaban J connectivity index is 2.02. The van der Waals surface area contributed by atoms with Gasteiger partial charge in [0.1, 0.15) is 5.69 Å². The van der Waals surface area contributed by atoms with Crippen molar-refractivity contribution < 1.29 is 0 Å². The molecule has 4 nitrogen and oxygen atoms in total. The smallest absolute Gasteiger partial charge is 0.166 e. The van der Waals surface area contributed by atoms with Gasteiger partial charge in [-0.05, 0) is 31.2 Å².